The molecule has 3 rings (SSSR count). The summed E-state index contributed by atoms with van der Waals surface area (Å²) in [6, 6.07) is 11.0. The normalized spacial score (nSPS) is 12.7. The molecule has 4 heteroatoms. The van der Waals surface area contributed by atoms with Crippen LogP contribution in [0.2, 0.25) is 0 Å². The van der Waals surface area contributed by atoms with Gasteiger partial charge in [0.05, 0.1) is 0 Å². The van der Waals surface area contributed by atoms with Gasteiger partial charge in [0.25, 0.3) is 0 Å². The lowest BCUT2D eigenvalue weighted by molar-refractivity contribution is 0.531. The van der Waals surface area contributed by atoms with Crippen LogP contribution in [0, 0.1) is 5.82 Å². The van der Waals surface area contributed by atoms with E-state index in [0.717, 1.165) is 40.8 Å². The van der Waals surface area contributed by atoms with E-state index < -0.39 is 0 Å². The lowest BCUT2D eigenvalue weighted by Gasteiger charge is -2.12. The number of hydrogen-bond acceptors (Lipinski definition) is 2. The lowest BCUT2D eigenvalue weighted by atomic mass is 10.0. The molecule has 3 nitrogen and oxygen atoms in total. The molecule has 2 N–H and O–H groups in total. The van der Waals surface area contributed by atoms with Gasteiger partial charge in [0.1, 0.15) is 11.5 Å². The number of H-pyrrole nitrogens is 1. The molecule has 2 heterocycles. The fraction of sp³-hybridized carbons (Fsp3) is 0.278. The summed E-state index contributed by atoms with van der Waals surface area (Å²) in [5.41, 5.74) is 4.05. The molecular weight excluding hydrogens is 277 g/mol. The van der Waals surface area contributed by atoms with Crippen molar-refractivity contribution in [1.29, 1.82) is 0 Å². The Morgan fingerprint density at radius 2 is 2.00 bits per heavy atom. The highest BCUT2D eigenvalue weighted by molar-refractivity contribution is 5.95. The minimum absolute atomic E-state index is 0.221. The minimum Gasteiger partial charge on any atom is -0.342 e. The Balaban J connectivity index is 2.06. The highest BCUT2D eigenvalue weighted by Gasteiger charge is 2.14. The molecule has 0 saturated heterocycles. The van der Waals surface area contributed by atoms with Crippen molar-refractivity contribution >= 4 is 11.0 Å². The van der Waals surface area contributed by atoms with Gasteiger partial charge in [-0.3, -0.25) is 0 Å². The Morgan fingerprint density at radius 1 is 1.23 bits per heavy atom. The molecule has 0 radical (unpaired) electrons. The zero-order valence-corrected chi connectivity index (χ0v) is 12.9. The molecule has 0 aliphatic heterocycles. The van der Waals surface area contributed by atoms with Gasteiger partial charge in [-0.25, -0.2) is 9.37 Å². The molecule has 0 amide bonds. The summed E-state index contributed by atoms with van der Waals surface area (Å²) in [4.78, 5) is 7.78. The maximum Gasteiger partial charge on any atom is 0.138 e. The largest absolute Gasteiger partial charge is 0.342 e. The number of hydrogen-bond donors (Lipinski definition) is 2. The summed E-state index contributed by atoms with van der Waals surface area (Å²) >= 11 is 0. The molecule has 1 aromatic carbocycles. The fourth-order valence-electron chi connectivity index (χ4n) is 2.57. The molecule has 1 atom stereocenters. The number of nitrogens with one attached hydrogen (secondary N) is 2. The van der Waals surface area contributed by atoms with Crippen molar-refractivity contribution in [1.82, 2.24) is 15.3 Å². The van der Waals surface area contributed by atoms with Crippen molar-refractivity contribution in [2.45, 2.75) is 32.9 Å². The zero-order valence-electron chi connectivity index (χ0n) is 12.9. The molecule has 114 valence electrons. The average Bonchev–Trinajstić information content (AvgIpc) is 2.92. The Labute approximate surface area is 129 Å². The van der Waals surface area contributed by atoms with Gasteiger partial charge in [0.15, 0.2) is 0 Å². The first-order valence-corrected chi connectivity index (χ1v) is 7.64. The number of benzene rings is 1. The third-order valence-corrected chi connectivity index (χ3v) is 4.02. The Morgan fingerprint density at radius 3 is 2.73 bits per heavy atom. The average molecular weight is 297 g/mol. The molecule has 2 aromatic heterocycles. The molecule has 0 saturated carbocycles. The van der Waals surface area contributed by atoms with E-state index in [0.29, 0.717) is 6.04 Å². The molecule has 3 aromatic rings. The Bertz CT molecular complexity index is 762. The lowest BCUT2D eigenvalue weighted by Crippen LogP contribution is -2.24. The topological polar surface area (TPSA) is 40.7 Å². The van der Waals surface area contributed by atoms with Crippen LogP contribution in [0.4, 0.5) is 4.39 Å². The zero-order chi connectivity index (χ0) is 15.5. The number of nitrogens with zero attached hydrogens (tertiary/aromatic N) is 1. The molecular formula is C18H20FN3. The molecule has 0 aliphatic carbocycles. The molecule has 0 fully saturated rings. The number of rotatable bonds is 5. The number of fused-ring (bicyclic) bond motifs is 1. The second-order valence-electron chi connectivity index (χ2n) is 5.58. The molecule has 1 unspecified atom stereocenters. The van der Waals surface area contributed by atoms with Crippen LogP contribution in [-0.2, 0) is 6.54 Å². The highest BCUT2D eigenvalue weighted by Crippen LogP contribution is 2.31. The third kappa shape index (κ3) is 2.88. The Kier molecular flexibility index (Phi) is 4.20. The fourth-order valence-corrected chi connectivity index (χ4v) is 2.57. The monoisotopic (exact) mass is 297 g/mol. The highest BCUT2D eigenvalue weighted by atomic mass is 19.1. The standard InChI is InChI=1S/C18H20FN3/c1-3-12(2)21-11-16-17(13-6-8-14(19)9-7-13)15-5-4-10-20-18(15)22-16/h4-10,12,21H,3,11H2,1-2H3,(H,20,22). The van der Waals surface area contributed by atoms with Crippen LogP contribution in [0.25, 0.3) is 22.2 Å². The van der Waals surface area contributed by atoms with Crippen LogP contribution in [0.5, 0.6) is 0 Å². The molecule has 0 bridgehead atoms. The van der Waals surface area contributed by atoms with Gasteiger partial charge in [-0.05, 0) is 43.2 Å². The van der Waals surface area contributed by atoms with Crippen LogP contribution in [-0.4, -0.2) is 16.0 Å². The van der Waals surface area contributed by atoms with E-state index in [-0.39, 0.29) is 5.82 Å². The summed E-state index contributed by atoms with van der Waals surface area (Å²) < 4.78 is 13.2. The summed E-state index contributed by atoms with van der Waals surface area (Å²) in [7, 11) is 0. The minimum atomic E-state index is -0.221. The van der Waals surface area contributed by atoms with E-state index in [4.69, 9.17) is 0 Å². The van der Waals surface area contributed by atoms with E-state index in [1.165, 1.54) is 12.1 Å². The van der Waals surface area contributed by atoms with Gasteiger partial charge in [-0.2, -0.15) is 0 Å². The smallest absolute Gasteiger partial charge is 0.138 e. The van der Waals surface area contributed by atoms with E-state index in [1.807, 2.05) is 24.3 Å². The summed E-state index contributed by atoms with van der Waals surface area (Å²) in [5.74, 6) is -0.221. The van der Waals surface area contributed by atoms with Crippen LogP contribution < -0.4 is 5.32 Å². The van der Waals surface area contributed by atoms with Crippen LogP contribution in [0.15, 0.2) is 42.6 Å². The van der Waals surface area contributed by atoms with E-state index >= 15 is 0 Å². The van der Waals surface area contributed by atoms with Crippen molar-refractivity contribution in [2.24, 2.45) is 0 Å². The van der Waals surface area contributed by atoms with Crippen LogP contribution >= 0.6 is 0 Å². The second kappa shape index (κ2) is 6.28. The van der Waals surface area contributed by atoms with Crippen molar-refractivity contribution in [3.8, 4) is 11.1 Å². The molecule has 0 spiro atoms. The predicted molar refractivity (Wildman–Crippen MR) is 88.1 cm³/mol. The first-order chi connectivity index (χ1) is 10.7. The van der Waals surface area contributed by atoms with Crippen molar-refractivity contribution < 1.29 is 4.39 Å². The first-order valence-electron chi connectivity index (χ1n) is 7.64. The van der Waals surface area contributed by atoms with Crippen LogP contribution in [0.1, 0.15) is 26.0 Å². The first kappa shape index (κ1) is 14.7. The van der Waals surface area contributed by atoms with Crippen LogP contribution in [0.3, 0.4) is 0 Å². The maximum absolute atomic E-state index is 13.2. The SMILES string of the molecule is CCC(C)NCc1[nH]c2ncccc2c1-c1ccc(F)cc1. The quantitative estimate of drug-likeness (QED) is 0.739. The second-order valence-corrected chi connectivity index (χ2v) is 5.58. The maximum atomic E-state index is 13.2. The molecule has 0 aliphatic rings. The van der Waals surface area contributed by atoms with E-state index in [2.05, 4.69) is 29.1 Å². The van der Waals surface area contributed by atoms with Crippen molar-refractivity contribution in [3.63, 3.8) is 0 Å². The van der Waals surface area contributed by atoms with Gasteiger partial charge >= 0.3 is 0 Å². The number of pyridine rings is 1. The summed E-state index contributed by atoms with van der Waals surface area (Å²) in [6.45, 7) is 5.06. The number of aromatic amines is 1. The van der Waals surface area contributed by atoms with Gasteiger partial charge in [-0.1, -0.05) is 19.1 Å². The van der Waals surface area contributed by atoms with Gasteiger partial charge in [-0.15, -0.1) is 0 Å². The van der Waals surface area contributed by atoms with E-state index in [9.17, 15) is 4.39 Å². The van der Waals surface area contributed by atoms with E-state index in [1.54, 1.807) is 6.20 Å². The third-order valence-electron chi connectivity index (χ3n) is 4.02. The Hall–Kier alpha value is -2.20. The predicted octanol–water partition coefficient (Wildman–Crippen LogP) is 4.26. The van der Waals surface area contributed by atoms with Gasteiger partial charge in [0.2, 0.25) is 0 Å². The molecule has 22 heavy (non-hydrogen) atoms. The van der Waals surface area contributed by atoms with Gasteiger partial charge < -0.3 is 10.3 Å². The summed E-state index contributed by atoms with van der Waals surface area (Å²) in [5, 5.41) is 4.56. The number of aromatic nitrogens is 2. The van der Waals surface area contributed by atoms with Crippen molar-refractivity contribution in [3.05, 3.63) is 54.1 Å². The number of halogens is 1. The summed E-state index contributed by atoms with van der Waals surface area (Å²) in [6.07, 6.45) is 2.85. The van der Waals surface area contributed by atoms with Gasteiger partial charge in [0, 0.05) is 35.4 Å². The van der Waals surface area contributed by atoms with Crippen molar-refractivity contribution in [2.75, 3.05) is 0 Å².